The molecule has 1 aromatic rings. The molecule has 6 nitrogen and oxygen atoms in total. The number of piperazine rings is 1. The number of rotatable bonds is 3. The van der Waals surface area contributed by atoms with Crippen LogP contribution in [0.4, 0.5) is 0 Å². The molecule has 1 saturated heterocycles. The molecule has 0 aliphatic carbocycles. The van der Waals surface area contributed by atoms with Gasteiger partial charge in [0.2, 0.25) is 10.0 Å². The van der Waals surface area contributed by atoms with E-state index in [1.807, 2.05) is 0 Å². The molecule has 0 spiro atoms. The minimum absolute atomic E-state index is 0.186. The molecule has 1 aromatic heterocycles. The average molecular weight is 256 g/mol. The lowest BCUT2D eigenvalue weighted by Crippen LogP contribution is -2.56. The molecule has 94 valence electrons. The van der Waals surface area contributed by atoms with Gasteiger partial charge in [-0.1, -0.05) is 0 Å². The highest BCUT2D eigenvalue weighted by atomic mass is 32.2. The van der Waals surface area contributed by atoms with E-state index in [2.05, 4.69) is 10.3 Å². The molecule has 1 aliphatic heterocycles. The zero-order chi connectivity index (χ0) is 12.3. The molecule has 3 N–H and O–H groups in total. The third kappa shape index (κ3) is 2.47. The van der Waals surface area contributed by atoms with Crippen LogP contribution in [0.1, 0.15) is 0 Å². The van der Waals surface area contributed by atoms with E-state index in [4.69, 9.17) is 5.73 Å². The van der Waals surface area contributed by atoms with Crippen molar-refractivity contribution in [3.8, 4) is 0 Å². The van der Waals surface area contributed by atoms with Gasteiger partial charge < -0.3 is 11.1 Å². The van der Waals surface area contributed by atoms with E-state index < -0.39 is 10.0 Å². The van der Waals surface area contributed by atoms with Crippen molar-refractivity contribution in [1.82, 2.24) is 14.6 Å². The molecule has 0 aromatic carbocycles. The molecule has 17 heavy (non-hydrogen) atoms. The van der Waals surface area contributed by atoms with E-state index in [1.165, 1.54) is 10.5 Å². The van der Waals surface area contributed by atoms with Gasteiger partial charge in [-0.2, -0.15) is 4.31 Å². The van der Waals surface area contributed by atoms with Crippen molar-refractivity contribution in [1.29, 1.82) is 0 Å². The van der Waals surface area contributed by atoms with E-state index >= 15 is 0 Å². The summed E-state index contributed by atoms with van der Waals surface area (Å²) in [5.74, 6) is 0. The summed E-state index contributed by atoms with van der Waals surface area (Å²) in [4.78, 5) is 4.07. The smallest absolute Gasteiger partial charge is 0.244 e. The molecule has 7 heteroatoms. The topological polar surface area (TPSA) is 88.3 Å². The summed E-state index contributed by atoms with van der Waals surface area (Å²) in [6, 6.07) is 2.98. The summed E-state index contributed by atoms with van der Waals surface area (Å²) in [5, 5.41) is 3.14. The zero-order valence-electron chi connectivity index (χ0n) is 9.41. The average Bonchev–Trinajstić information content (AvgIpc) is 2.39. The van der Waals surface area contributed by atoms with Crippen molar-refractivity contribution in [3.63, 3.8) is 0 Å². The molecule has 0 bridgehead atoms. The second-order valence-corrected chi connectivity index (χ2v) is 5.79. The van der Waals surface area contributed by atoms with E-state index in [-0.39, 0.29) is 10.9 Å². The van der Waals surface area contributed by atoms with Crippen LogP contribution in [0.3, 0.4) is 0 Å². The summed E-state index contributed by atoms with van der Waals surface area (Å²) in [6.45, 7) is 2.00. The number of nitrogens with one attached hydrogen (secondary N) is 1. The van der Waals surface area contributed by atoms with E-state index in [0.29, 0.717) is 26.2 Å². The Labute approximate surface area is 101 Å². The lowest BCUT2D eigenvalue weighted by molar-refractivity contribution is 0.272. The van der Waals surface area contributed by atoms with Crippen LogP contribution in [0.5, 0.6) is 0 Å². The number of hydrogen-bond donors (Lipinski definition) is 2. The van der Waals surface area contributed by atoms with Gasteiger partial charge in [-0.05, 0) is 12.1 Å². The molecule has 1 fully saturated rings. The van der Waals surface area contributed by atoms with Gasteiger partial charge in [-0.3, -0.25) is 4.98 Å². The Morgan fingerprint density at radius 3 is 3.06 bits per heavy atom. The third-order valence-corrected chi connectivity index (χ3v) is 4.74. The lowest BCUT2D eigenvalue weighted by Gasteiger charge is -2.34. The van der Waals surface area contributed by atoms with Crippen LogP contribution in [-0.2, 0) is 10.0 Å². The minimum atomic E-state index is -3.47. The molecule has 2 heterocycles. The zero-order valence-corrected chi connectivity index (χ0v) is 10.2. The maximum absolute atomic E-state index is 12.4. The van der Waals surface area contributed by atoms with Crippen LogP contribution in [-0.4, -0.2) is 49.9 Å². The van der Waals surface area contributed by atoms with Crippen molar-refractivity contribution in [3.05, 3.63) is 24.5 Å². The summed E-state index contributed by atoms with van der Waals surface area (Å²) >= 11 is 0. The van der Waals surface area contributed by atoms with E-state index in [9.17, 15) is 8.42 Å². The molecule has 0 saturated carbocycles. The predicted octanol–water partition coefficient (Wildman–Crippen LogP) is -0.997. The Kier molecular flexibility index (Phi) is 3.72. The van der Waals surface area contributed by atoms with E-state index in [1.54, 1.807) is 18.3 Å². The Balaban J connectivity index is 2.31. The van der Waals surface area contributed by atoms with Gasteiger partial charge >= 0.3 is 0 Å². The predicted molar refractivity (Wildman–Crippen MR) is 63.8 cm³/mol. The Hall–Kier alpha value is -1.02. The largest absolute Gasteiger partial charge is 0.329 e. The van der Waals surface area contributed by atoms with Crippen molar-refractivity contribution < 1.29 is 8.42 Å². The highest BCUT2D eigenvalue weighted by molar-refractivity contribution is 7.89. The maximum Gasteiger partial charge on any atom is 0.244 e. The number of nitrogens with zero attached hydrogens (tertiary/aromatic N) is 2. The van der Waals surface area contributed by atoms with Crippen LogP contribution in [0.25, 0.3) is 0 Å². The summed E-state index contributed by atoms with van der Waals surface area (Å²) in [6.07, 6.45) is 2.92. The van der Waals surface area contributed by atoms with Gasteiger partial charge in [0.05, 0.1) is 0 Å². The highest BCUT2D eigenvalue weighted by Crippen LogP contribution is 2.17. The normalized spacial score (nSPS) is 22.5. The Morgan fingerprint density at radius 1 is 1.59 bits per heavy atom. The second kappa shape index (κ2) is 5.09. The van der Waals surface area contributed by atoms with Crippen molar-refractivity contribution >= 4 is 10.0 Å². The summed E-state index contributed by atoms with van der Waals surface area (Å²) < 4.78 is 26.2. The van der Waals surface area contributed by atoms with Gasteiger partial charge in [-0.15, -0.1) is 0 Å². The van der Waals surface area contributed by atoms with Gasteiger partial charge in [0.25, 0.3) is 0 Å². The lowest BCUT2D eigenvalue weighted by atomic mass is 10.2. The number of pyridine rings is 1. The van der Waals surface area contributed by atoms with Gasteiger partial charge in [0, 0.05) is 44.6 Å². The van der Waals surface area contributed by atoms with Crippen molar-refractivity contribution in [2.24, 2.45) is 5.73 Å². The number of aromatic nitrogens is 1. The quantitative estimate of drug-likeness (QED) is 0.724. The molecular weight excluding hydrogens is 240 g/mol. The van der Waals surface area contributed by atoms with Crippen LogP contribution in [0, 0.1) is 0 Å². The monoisotopic (exact) mass is 256 g/mol. The van der Waals surface area contributed by atoms with Gasteiger partial charge in [0.1, 0.15) is 4.90 Å². The second-order valence-electron chi connectivity index (χ2n) is 3.90. The van der Waals surface area contributed by atoms with Crippen LogP contribution in [0.2, 0.25) is 0 Å². The third-order valence-electron chi connectivity index (χ3n) is 2.81. The first-order valence-corrected chi connectivity index (χ1v) is 6.93. The summed E-state index contributed by atoms with van der Waals surface area (Å²) in [5.41, 5.74) is 5.61. The van der Waals surface area contributed by atoms with Gasteiger partial charge in [-0.25, -0.2) is 8.42 Å². The fourth-order valence-corrected chi connectivity index (χ4v) is 3.49. The molecular formula is C10H16N4O2S. The molecule has 2 rings (SSSR count). The Bertz CT molecular complexity index is 462. The van der Waals surface area contributed by atoms with E-state index in [0.717, 1.165) is 0 Å². The first-order chi connectivity index (χ1) is 8.16. The molecule has 0 amide bonds. The van der Waals surface area contributed by atoms with Crippen molar-refractivity contribution in [2.75, 3.05) is 26.2 Å². The molecule has 1 aliphatic rings. The standard InChI is InChI=1S/C10H16N4O2S/c11-6-9-7-13-4-5-14(9)17(15,16)10-2-1-3-12-8-10/h1-3,8-9,13H,4-7,11H2. The van der Waals surface area contributed by atoms with Crippen molar-refractivity contribution in [2.45, 2.75) is 10.9 Å². The SMILES string of the molecule is NCC1CNCCN1S(=O)(=O)c1cccnc1. The molecule has 1 unspecified atom stereocenters. The molecule has 0 radical (unpaired) electrons. The van der Waals surface area contributed by atoms with Crippen LogP contribution < -0.4 is 11.1 Å². The summed E-state index contributed by atoms with van der Waals surface area (Å²) in [7, 11) is -3.47. The first-order valence-electron chi connectivity index (χ1n) is 5.49. The van der Waals surface area contributed by atoms with Crippen LogP contribution in [0.15, 0.2) is 29.4 Å². The number of sulfonamides is 1. The fourth-order valence-electron chi connectivity index (χ4n) is 1.89. The molecule has 1 atom stereocenters. The van der Waals surface area contributed by atoms with Gasteiger partial charge in [0.15, 0.2) is 0 Å². The number of hydrogen-bond acceptors (Lipinski definition) is 5. The first kappa shape index (κ1) is 12.4. The maximum atomic E-state index is 12.4. The Morgan fingerprint density at radius 2 is 2.41 bits per heavy atom. The highest BCUT2D eigenvalue weighted by Gasteiger charge is 2.32. The minimum Gasteiger partial charge on any atom is -0.329 e. The number of nitrogens with two attached hydrogens (primary N) is 1. The van der Waals surface area contributed by atoms with Crippen LogP contribution >= 0.6 is 0 Å². The fraction of sp³-hybridized carbons (Fsp3) is 0.500.